The fourth-order valence-electron chi connectivity index (χ4n) is 2.30. The lowest BCUT2D eigenvalue weighted by atomic mass is 10.2. The number of nitrogens with zero attached hydrogens (tertiary/aromatic N) is 2. The average molecular weight is 334 g/mol. The van der Waals surface area contributed by atoms with Crippen molar-refractivity contribution in [2.75, 3.05) is 19.7 Å². The van der Waals surface area contributed by atoms with Crippen molar-refractivity contribution in [2.45, 2.75) is 17.9 Å². The highest BCUT2D eigenvalue weighted by Crippen LogP contribution is 2.25. The molecule has 0 amide bonds. The maximum atomic E-state index is 12.5. The molecule has 2 heterocycles. The summed E-state index contributed by atoms with van der Waals surface area (Å²) < 4.78 is 37.4. The van der Waals surface area contributed by atoms with Gasteiger partial charge in [-0.1, -0.05) is 0 Å². The number of benzene rings is 1. The first-order valence-corrected chi connectivity index (χ1v) is 8.83. The first-order chi connectivity index (χ1) is 11.1. The summed E-state index contributed by atoms with van der Waals surface area (Å²) in [7, 11) is -3.48. The summed E-state index contributed by atoms with van der Waals surface area (Å²) in [6, 6.07) is 10.0. The van der Waals surface area contributed by atoms with E-state index in [1.807, 2.05) is 6.92 Å². The van der Waals surface area contributed by atoms with Gasteiger partial charge in [0.1, 0.15) is 17.6 Å². The molecule has 0 radical (unpaired) electrons. The van der Waals surface area contributed by atoms with Gasteiger partial charge in [-0.3, -0.25) is 4.98 Å². The second-order valence-corrected chi connectivity index (χ2v) is 7.09. The van der Waals surface area contributed by atoms with Crippen molar-refractivity contribution in [1.82, 2.24) is 9.29 Å². The Morgan fingerprint density at radius 3 is 2.52 bits per heavy atom. The molecule has 0 unspecified atom stereocenters. The fourth-order valence-corrected chi connectivity index (χ4v) is 3.81. The number of hydrogen-bond acceptors (Lipinski definition) is 5. The quantitative estimate of drug-likeness (QED) is 0.807. The first-order valence-electron chi connectivity index (χ1n) is 7.39. The van der Waals surface area contributed by atoms with Crippen molar-refractivity contribution in [3.8, 4) is 11.5 Å². The number of aromatic nitrogens is 1. The summed E-state index contributed by atoms with van der Waals surface area (Å²) in [6.45, 7) is 3.10. The molecule has 7 heteroatoms. The Kier molecular flexibility index (Phi) is 4.49. The Balaban J connectivity index is 1.61. The van der Waals surface area contributed by atoms with E-state index in [1.165, 1.54) is 4.31 Å². The van der Waals surface area contributed by atoms with E-state index in [0.717, 1.165) is 0 Å². The van der Waals surface area contributed by atoms with Crippen LogP contribution in [0, 0.1) is 0 Å². The Labute approximate surface area is 135 Å². The van der Waals surface area contributed by atoms with Gasteiger partial charge >= 0.3 is 0 Å². The van der Waals surface area contributed by atoms with Crippen LogP contribution in [0.3, 0.4) is 0 Å². The van der Waals surface area contributed by atoms with Crippen LogP contribution in [-0.4, -0.2) is 43.5 Å². The Hall–Kier alpha value is -2.12. The highest BCUT2D eigenvalue weighted by atomic mass is 32.2. The largest absolute Gasteiger partial charge is 0.494 e. The zero-order valence-electron chi connectivity index (χ0n) is 12.8. The lowest BCUT2D eigenvalue weighted by Crippen LogP contribution is -2.55. The molecule has 1 fully saturated rings. The van der Waals surface area contributed by atoms with E-state index in [4.69, 9.17) is 9.47 Å². The molecule has 0 aliphatic carbocycles. The molecule has 23 heavy (non-hydrogen) atoms. The molecule has 1 aliphatic heterocycles. The van der Waals surface area contributed by atoms with Gasteiger partial charge in [0, 0.05) is 6.20 Å². The minimum atomic E-state index is -3.48. The minimum absolute atomic E-state index is 0.142. The molecule has 1 saturated heterocycles. The van der Waals surface area contributed by atoms with Crippen molar-refractivity contribution in [1.29, 1.82) is 0 Å². The third-order valence-electron chi connectivity index (χ3n) is 3.52. The predicted molar refractivity (Wildman–Crippen MR) is 85.0 cm³/mol. The van der Waals surface area contributed by atoms with Crippen LogP contribution >= 0.6 is 0 Å². The van der Waals surface area contributed by atoms with Crippen LogP contribution in [0.4, 0.5) is 0 Å². The summed E-state index contributed by atoms with van der Waals surface area (Å²) in [6.07, 6.45) is 3.14. The first kappa shape index (κ1) is 15.8. The van der Waals surface area contributed by atoms with Gasteiger partial charge in [0.2, 0.25) is 10.0 Å². The summed E-state index contributed by atoms with van der Waals surface area (Å²) >= 11 is 0. The van der Waals surface area contributed by atoms with E-state index in [2.05, 4.69) is 4.98 Å². The van der Waals surface area contributed by atoms with Crippen molar-refractivity contribution in [3.63, 3.8) is 0 Å². The SMILES string of the molecule is CCOc1ccc(S(=O)(=O)N2CC(Oc3cccnc3)C2)cc1. The molecular weight excluding hydrogens is 316 g/mol. The molecule has 3 rings (SSSR count). The van der Waals surface area contributed by atoms with Crippen LogP contribution in [0.2, 0.25) is 0 Å². The van der Waals surface area contributed by atoms with Crippen LogP contribution in [0.25, 0.3) is 0 Å². The summed E-state index contributed by atoms with van der Waals surface area (Å²) in [4.78, 5) is 4.23. The van der Waals surface area contributed by atoms with Gasteiger partial charge in [-0.05, 0) is 43.3 Å². The van der Waals surface area contributed by atoms with Crippen LogP contribution in [0.15, 0.2) is 53.7 Å². The molecule has 0 N–H and O–H groups in total. The summed E-state index contributed by atoms with van der Waals surface area (Å²) in [5, 5.41) is 0. The van der Waals surface area contributed by atoms with Gasteiger partial charge in [-0.15, -0.1) is 0 Å². The van der Waals surface area contributed by atoms with Crippen molar-refractivity contribution < 1.29 is 17.9 Å². The molecule has 0 saturated carbocycles. The van der Waals surface area contributed by atoms with Crippen LogP contribution in [0.5, 0.6) is 11.5 Å². The zero-order chi connectivity index (χ0) is 16.3. The van der Waals surface area contributed by atoms with Gasteiger partial charge in [-0.2, -0.15) is 4.31 Å². The molecule has 0 spiro atoms. The van der Waals surface area contributed by atoms with Crippen molar-refractivity contribution in [2.24, 2.45) is 0 Å². The number of sulfonamides is 1. The molecule has 1 aliphatic rings. The van der Waals surface area contributed by atoms with E-state index in [1.54, 1.807) is 48.8 Å². The molecule has 1 aromatic heterocycles. The fraction of sp³-hybridized carbons (Fsp3) is 0.312. The predicted octanol–water partition coefficient (Wildman–Crippen LogP) is 1.93. The van der Waals surface area contributed by atoms with Gasteiger partial charge in [0.05, 0.1) is 30.8 Å². The molecular formula is C16H18N2O4S. The molecule has 0 atom stereocenters. The van der Waals surface area contributed by atoms with E-state index < -0.39 is 10.0 Å². The molecule has 2 aromatic rings. The Morgan fingerprint density at radius 2 is 1.91 bits per heavy atom. The number of ether oxygens (including phenoxy) is 2. The topological polar surface area (TPSA) is 68.7 Å². The van der Waals surface area contributed by atoms with Crippen molar-refractivity contribution >= 4 is 10.0 Å². The van der Waals surface area contributed by atoms with Gasteiger partial charge in [0.15, 0.2) is 0 Å². The Bertz CT molecular complexity index is 741. The van der Waals surface area contributed by atoms with Gasteiger partial charge in [-0.25, -0.2) is 8.42 Å². The highest BCUT2D eigenvalue weighted by molar-refractivity contribution is 7.89. The second-order valence-electron chi connectivity index (χ2n) is 5.16. The van der Waals surface area contributed by atoms with Crippen LogP contribution in [-0.2, 0) is 10.0 Å². The van der Waals surface area contributed by atoms with E-state index in [0.29, 0.717) is 31.2 Å². The maximum Gasteiger partial charge on any atom is 0.243 e. The number of hydrogen-bond donors (Lipinski definition) is 0. The second kappa shape index (κ2) is 6.55. The lowest BCUT2D eigenvalue weighted by Gasteiger charge is -2.37. The van der Waals surface area contributed by atoms with Gasteiger partial charge in [0.25, 0.3) is 0 Å². The zero-order valence-corrected chi connectivity index (χ0v) is 13.6. The third-order valence-corrected chi connectivity index (χ3v) is 5.37. The molecule has 0 bridgehead atoms. The monoisotopic (exact) mass is 334 g/mol. The number of pyridine rings is 1. The summed E-state index contributed by atoms with van der Waals surface area (Å²) in [5.41, 5.74) is 0. The lowest BCUT2D eigenvalue weighted by molar-refractivity contribution is 0.0759. The van der Waals surface area contributed by atoms with Crippen LogP contribution in [0.1, 0.15) is 6.92 Å². The van der Waals surface area contributed by atoms with Crippen molar-refractivity contribution in [3.05, 3.63) is 48.8 Å². The van der Waals surface area contributed by atoms with Gasteiger partial charge < -0.3 is 9.47 Å². The molecule has 1 aromatic carbocycles. The van der Waals surface area contributed by atoms with E-state index >= 15 is 0 Å². The standard InChI is InChI=1S/C16H18N2O4S/c1-2-21-13-5-7-16(8-6-13)23(19,20)18-11-15(12-18)22-14-4-3-9-17-10-14/h3-10,15H,2,11-12H2,1H3. The average Bonchev–Trinajstić information content (AvgIpc) is 2.52. The minimum Gasteiger partial charge on any atom is -0.494 e. The maximum absolute atomic E-state index is 12.5. The highest BCUT2D eigenvalue weighted by Gasteiger charge is 2.38. The van der Waals surface area contributed by atoms with Crippen LogP contribution < -0.4 is 9.47 Å². The third kappa shape index (κ3) is 3.46. The normalized spacial score (nSPS) is 15.9. The smallest absolute Gasteiger partial charge is 0.243 e. The van der Waals surface area contributed by atoms with E-state index in [-0.39, 0.29) is 11.0 Å². The number of rotatable bonds is 6. The van der Waals surface area contributed by atoms with E-state index in [9.17, 15) is 8.42 Å². The molecule has 122 valence electrons. The molecule has 6 nitrogen and oxygen atoms in total. The summed E-state index contributed by atoms with van der Waals surface area (Å²) in [5.74, 6) is 1.31. The Morgan fingerprint density at radius 1 is 1.17 bits per heavy atom.